The Morgan fingerprint density at radius 3 is 2.86 bits per heavy atom. The summed E-state index contributed by atoms with van der Waals surface area (Å²) in [5.74, 6) is -0.207. The number of rotatable bonds is 4. The van der Waals surface area contributed by atoms with Gasteiger partial charge in [0, 0.05) is 12.1 Å². The summed E-state index contributed by atoms with van der Waals surface area (Å²) in [4.78, 5) is 22.3. The van der Waals surface area contributed by atoms with Gasteiger partial charge in [-0.15, -0.1) is 0 Å². The molecular formula is C15H20N2O4. The number of carbonyl (C=O) groups excluding carboxylic acids is 1. The van der Waals surface area contributed by atoms with Crippen molar-refractivity contribution in [1.82, 2.24) is 5.32 Å². The fourth-order valence-corrected chi connectivity index (χ4v) is 2.68. The highest BCUT2D eigenvalue weighted by atomic mass is 16.6. The first-order valence-electron chi connectivity index (χ1n) is 7.27. The standard InChI is InChI=1S/C15H20N2O4/c18-14-8-3-1-2-7-13(14)16-15(19)10-11-5-4-6-12(9-11)17(20)21/h4-6,9,13-14,18H,1-3,7-8,10H2,(H,16,19). The molecule has 0 aliphatic heterocycles. The van der Waals surface area contributed by atoms with Gasteiger partial charge in [0.2, 0.25) is 5.91 Å². The monoisotopic (exact) mass is 292 g/mol. The summed E-state index contributed by atoms with van der Waals surface area (Å²) >= 11 is 0. The van der Waals surface area contributed by atoms with E-state index >= 15 is 0 Å². The minimum absolute atomic E-state index is 0.0187. The Labute approximate surface area is 123 Å². The number of nitrogens with one attached hydrogen (secondary N) is 1. The number of non-ortho nitro benzene ring substituents is 1. The largest absolute Gasteiger partial charge is 0.391 e. The van der Waals surface area contributed by atoms with E-state index in [0.717, 1.165) is 25.7 Å². The van der Waals surface area contributed by atoms with Gasteiger partial charge >= 0.3 is 0 Å². The van der Waals surface area contributed by atoms with Gasteiger partial charge in [-0.3, -0.25) is 14.9 Å². The molecule has 1 saturated carbocycles. The lowest BCUT2D eigenvalue weighted by Crippen LogP contribution is -2.43. The molecule has 114 valence electrons. The summed E-state index contributed by atoms with van der Waals surface area (Å²) in [6.45, 7) is 0. The van der Waals surface area contributed by atoms with Crippen LogP contribution in [0.5, 0.6) is 0 Å². The van der Waals surface area contributed by atoms with E-state index in [9.17, 15) is 20.0 Å². The van der Waals surface area contributed by atoms with Crippen molar-refractivity contribution in [2.45, 2.75) is 50.7 Å². The van der Waals surface area contributed by atoms with E-state index in [1.165, 1.54) is 12.1 Å². The lowest BCUT2D eigenvalue weighted by Gasteiger charge is -2.21. The SMILES string of the molecule is O=C(Cc1cccc([N+](=O)[O-])c1)NC1CCCCCC1O. The third-order valence-corrected chi connectivity index (χ3v) is 3.81. The van der Waals surface area contributed by atoms with Crippen molar-refractivity contribution in [1.29, 1.82) is 0 Å². The normalized spacial score (nSPS) is 22.3. The molecule has 1 amide bonds. The topological polar surface area (TPSA) is 92.5 Å². The van der Waals surface area contributed by atoms with Crippen LogP contribution in [-0.2, 0) is 11.2 Å². The molecule has 1 aromatic rings. The van der Waals surface area contributed by atoms with Gasteiger partial charge in [-0.1, -0.05) is 31.4 Å². The second-order valence-corrected chi connectivity index (χ2v) is 5.48. The number of amides is 1. The first-order valence-corrected chi connectivity index (χ1v) is 7.27. The van der Waals surface area contributed by atoms with Crippen molar-refractivity contribution in [2.75, 3.05) is 0 Å². The first-order chi connectivity index (χ1) is 10.1. The van der Waals surface area contributed by atoms with E-state index < -0.39 is 11.0 Å². The van der Waals surface area contributed by atoms with Crippen LogP contribution in [-0.4, -0.2) is 28.1 Å². The van der Waals surface area contributed by atoms with Gasteiger partial charge in [-0.2, -0.15) is 0 Å². The summed E-state index contributed by atoms with van der Waals surface area (Å²) in [6, 6.07) is 5.86. The Morgan fingerprint density at radius 2 is 2.10 bits per heavy atom. The van der Waals surface area contributed by atoms with Crippen LogP contribution in [0.2, 0.25) is 0 Å². The average molecular weight is 292 g/mol. The smallest absolute Gasteiger partial charge is 0.269 e. The van der Waals surface area contributed by atoms with Crippen LogP contribution in [0.4, 0.5) is 5.69 Å². The minimum atomic E-state index is -0.499. The molecule has 1 fully saturated rings. The highest BCUT2D eigenvalue weighted by molar-refractivity contribution is 5.79. The number of carbonyl (C=O) groups is 1. The lowest BCUT2D eigenvalue weighted by molar-refractivity contribution is -0.384. The number of nitrogens with zero attached hydrogens (tertiary/aromatic N) is 1. The lowest BCUT2D eigenvalue weighted by atomic mass is 10.1. The number of nitro benzene ring substituents is 1. The van der Waals surface area contributed by atoms with Crippen LogP contribution in [0.3, 0.4) is 0 Å². The Bertz CT molecular complexity index is 518. The number of hydrogen-bond donors (Lipinski definition) is 2. The number of aliphatic hydroxyl groups excluding tert-OH is 1. The molecule has 1 aliphatic rings. The molecule has 0 spiro atoms. The molecule has 0 heterocycles. The van der Waals surface area contributed by atoms with Crippen LogP contribution >= 0.6 is 0 Å². The Kier molecular flexibility index (Phi) is 5.27. The fourth-order valence-electron chi connectivity index (χ4n) is 2.68. The van der Waals surface area contributed by atoms with Crippen LogP contribution < -0.4 is 5.32 Å². The second-order valence-electron chi connectivity index (χ2n) is 5.48. The maximum absolute atomic E-state index is 12.0. The zero-order valence-corrected chi connectivity index (χ0v) is 11.8. The molecule has 0 bridgehead atoms. The minimum Gasteiger partial charge on any atom is -0.391 e. The molecule has 6 nitrogen and oxygen atoms in total. The van der Waals surface area contributed by atoms with Gasteiger partial charge in [-0.25, -0.2) is 0 Å². The van der Waals surface area contributed by atoms with Crippen molar-refractivity contribution in [3.05, 3.63) is 39.9 Å². The van der Waals surface area contributed by atoms with Crippen LogP contribution in [0.15, 0.2) is 24.3 Å². The second kappa shape index (κ2) is 7.17. The fraction of sp³-hybridized carbons (Fsp3) is 0.533. The van der Waals surface area contributed by atoms with Crippen LogP contribution in [0.1, 0.15) is 37.7 Å². The van der Waals surface area contributed by atoms with Gasteiger partial charge in [0.05, 0.1) is 23.5 Å². The molecule has 21 heavy (non-hydrogen) atoms. The van der Waals surface area contributed by atoms with Crippen LogP contribution in [0.25, 0.3) is 0 Å². The molecule has 2 unspecified atom stereocenters. The van der Waals surface area contributed by atoms with Crippen molar-refractivity contribution in [3.63, 3.8) is 0 Å². The summed E-state index contributed by atoms with van der Waals surface area (Å²) in [5, 5.41) is 23.5. The van der Waals surface area contributed by atoms with Crippen molar-refractivity contribution < 1.29 is 14.8 Å². The van der Waals surface area contributed by atoms with E-state index in [-0.39, 0.29) is 24.1 Å². The molecule has 2 atom stereocenters. The number of benzene rings is 1. The molecular weight excluding hydrogens is 272 g/mol. The Balaban J connectivity index is 1.94. The molecule has 2 rings (SSSR count). The van der Waals surface area contributed by atoms with Crippen LogP contribution in [0, 0.1) is 10.1 Å². The van der Waals surface area contributed by atoms with E-state index in [1.54, 1.807) is 12.1 Å². The zero-order chi connectivity index (χ0) is 15.2. The van der Waals surface area contributed by atoms with Gasteiger partial charge in [0.15, 0.2) is 0 Å². The molecule has 0 radical (unpaired) electrons. The molecule has 1 aromatic carbocycles. The van der Waals surface area contributed by atoms with Gasteiger partial charge < -0.3 is 10.4 Å². The predicted octanol–water partition coefficient (Wildman–Crippen LogP) is 1.95. The first kappa shape index (κ1) is 15.4. The van der Waals surface area contributed by atoms with E-state index in [0.29, 0.717) is 12.0 Å². The number of aliphatic hydroxyl groups is 1. The molecule has 6 heteroatoms. The molecule has 2 N–H and O–H groups in total. The summed E-state index contributed by atoms with van der Waals surface area (Å²) in [7, 11) is 0. The van der Waals surface area contributed by atoms with Crippen molar-refractivity contribution >= 4 is 11.6 Å². The highest BCUT2D eigenvalue weighted by Crippen LogP contribution is 2.18. The van der Waals surface area contributed by atoms with Gasteiger partial charge in [0.25, 0.3) is 5.69 Å². The number of hydrogen-bond acceptors (Lipinski definition) is 4. The highest BCUT2D eigenvalue weighted by Gasteiger charge is 2.23. The van der Waals surface area contributed by atoms with Gasteiger partial charge in [0.1, 0.15) is 0 Å². The maximum Gasteiger partial charge on any atom is 0.269 e. The van der Waals surface area contributed by atoms with Gasteiger partial charge in [-0.05, 0) is 18.4 Å². The van der Waals surface area contributed by atoms with Crippen molar-refractivity contribution in [2.24, 2.45) is 0 Å². The third kappa shape index (κ3) is 4.53. The Morgan fingerprint density at radius 1 is 1.33 bits per heavy atom. The third-order valence-electron chi connectivity index (χ3n) is 3.81. The Hall–Kier alpha value is -1.95. The predicted molar refractivity (Wildman–Crippen MR) is 77.8 cm³/mol. The molecule has 0 saturated heterocycles. The summed E-state index contributed by atoms with van der Waals surface area (Å²) in [6.07, 6.45) is 4.14. The zero-order valence-electron chi connectivity index (χ0n) is 11.8. The summed E-state index contributed by atoms with van der Waals surface area (Å²) < 4.78 is 0. The van der Waals surface area contributed by atoms with E-state index in [1.807, 2.05) is 0 Å². The average Bonchev–Trinajstić information content (AvgIpc) is 2.64. The number of nitro groups is 1. The molecule has 0 aromatic heterocycles. The maximum atomic E-state index is 12.0. The molecule has 1 aliphatic carbocycles. The summed E-state index contributed by atoms with van der Waals surface area (Å²) in [5.41, 5.74) is 0.583. The van der Waals surface area contributed by atoms with E-state index in [4.69, 9.17) is 0 Å². The van der Waals surface area contributed by atoms with Crippen molar-refractivity contribution in [3.8, 4) is 0 Å². The quantitative estimate of drug-likeness (QED) is 0.504. The van der Waals surface area contributed by atoms with E-state index in [2.05, 4.69) is 5.32 Å².